The number of hydrogen-bond acceptors (Lipinski definition) is 3. The van der Waals surface area contributed by atoms with Crippen molar-refractivity contribution in [3.05, 3.63) is 60.7 Å². The summed E-state index contributed by atoms with van der Waals surface area (Å²) in [5.74, 6) is 0.640. The van der Waals surface area contributed by atoms with Crippen LogP contribution in [-0.2, 0) is 14.1 Å². The number of rotatable bonds is 7. The van der Waals surface area contributed by atoms with Gasteiger partial charge >= 0.3 is 0 Å². The molecule has 1 aliphatic rings. The monoisotopic (exact) mass is 439 g/mol. The summed E-state index contributed by atoms with van der Waals surface area (Å²) in [5.41, 5.74) is 0. The zero-order valence-corrected chi connectivity index (χ0v) is 20.6. The summed E-state index contributed by atoms with van der Waals surface area (Å²) >= 11 is 0. The van der Waals surface area contributed by atoms with E-state index >= 15 is 0 Å². The van der Waals surface area contributed by atoms with Crippen LogP contribution in [0, 0.1) is 11.8 Å². The lowest BCUT2D eigenvalue weighted by atomic mass is 9.82. The predicted octanol–water partition coefficient (Wildman–Crippen LogP) is 4.39. The van der Waals surface area contributed by atoms with Gasteiger partial charge in [0.15, 0.2) is 0 Å². The molecule has 5 heteroatoms. The lowest BCUT2D eigenvalue weighted by Crippen LogP contribution is -2.67. The Labute approximate surface area is 188 Å². The second-order valence-corrected chi connectivity index (χ2v) is 14.0. The SMILES string of the molecule is CON(C)C(=O)C1CCC(CO[Si](c2ccccc2)(c2ccccc2)C(C)(C)C)CC1. The van der Waals surface area contributed by atoms with Gasteiger partial charge in [-0.15, -0.1) is 0 Å². The van der Waals surface area contributed by atoms with Crippen molar-refractivity contribution in [2.75, 3.05) is 20.8 Å². The second-order valence-electron chi connectivity index (χ2n) is 9.71. The Kier molecular flexibility index (Phi) is 7.73. The molecule has 0 saturated heterocycles. The van der Waals surface area contributed by atoms with E-state index in [9.17, 15) is 4.79 Å². The standard InChI is InChI=1S/C26H37NO3Si/c1-26(2,3)31(23-12-8-6-9-13-23,24-14-10-7-11-15-24)30-20-21-16-18-22(19-17-21)25(28)27(4)29-5/h6-15,21-22H,16-20H2,1-5H3. The van der Waals surface area contributed by atoms with Gasteiger partial charge in [0, 0.05) is 19.6 Å². The highest BCUT2D eigenvalue weighted by atomic mass is 28.4. The fourth-order valence-corrected chi connectivity index (χ4v) is 9.57. The second kappa shape index (κ2) is 10.1. The van der Waals surface area contributed by atoms with Crippen molar-refractivity contribution in [3.63, 3.8) is 0 Å². The van der Waals surface area contributed by atoms with Crippen molar-refractivity contribution in [2.24, 2.45) is 11.8 Å². The molecule has 1 fully saturated rings. The summed E-state index contributed by atoms with van der Waals surface area (Å²) in [4.78, 5) is 17.5. The van der Waals surface area contributed by atoms with Crippen LogP contribution in [-0.4, -0.2) is 40.1 Å². The fraction of sp³-hybridized carbons (Fsp3) is 0.500. The van der Waals surface area contributed by atoms with E-state index in [0.29, 0.717) is 5.92 Å². The van der Waals surface area contributed by atoms with Gasteiger partial charge in [0.2, 0.25) is 5.91 Å². The fourth-order valence-electron chi connectivity index (χ4n) is 4.93. The quantitative estimate of drug-likeness (QED) is 0.474. The number of nitrogens with zero attached hydrogens (tertiary/aromatic N) is 1. The summed E-state index contributed by atoms with van der Waals surface area (Å²) < 4.78 is 7.09. The highest BCUT2D eigenvalue weighted by Crippen LogP contribution is 2.38. The summed E-state index contributed by atoms with van der Waals surface area (Å²) in [6, 6.07) is 21.6. The van der Waals surface area contributed by atoms with E-state index in [-0.39, 0.29) is 16.9 Å². The highest BCUT2D eigenvalue weighted by Gasteiger charge is 2.50. The van der Waals surface area contributed by atoms with Gasteiger partial charge < -0.3 is 4.43 Å². The number of amides is 1. The van der Waals surface area contributed by atoms with E-state index in [2.05, 4.69) is 81.4 Å². The third-order valence-electron chi connectivity index (χ3n) is 6.73. The summed E-state index contributed by atoms with van der Waals surface area (Å²) in [5, 5.41) is 3.99. The van der Waals surface area contributed by atoms with Crippen LogP contribution >= 0.6 is 0 Å². The van der Waals surface area contributed by atoms with Gasteiger partial charge in [-0.3, -0.25) is 9.63 Å². The van der Waals surface area contributed by atoms with Crippen LogP contribution in [0.15, 0.2) is 60.7 Å². The molecule has 0 N–H and O–H groups in total. The van der Waals surface area contributed by atoms with Crippen LogP contribution in [0.4, 0.5) is 0 Å². The van der Waals surface area contributed by atoms with Gasteiger partial charge in [0.1, 0.15) is 0 Å². The first-order chi connectivity index (χ1) is 14.8. The molecule has 0 spiro atoms. The molecule has 1 aliphatic carbocycles. The Morgan fingerprint density at radius 3 is 1.84 bits per heavy atom. The number of carbonyl (C=O) groups excluding carboxylic acids is 1. The van der Waals surface area contributed by atoms with Crippen LogP contribution < -0.4 is 10.4 Å². The molecule has 0 bridgehead atoms. The van der Waals surface area contributed by atoms with Crippen molar-refractivity contribution < 1.29 is 14.1 Å². The van der Waals surface area contributed by atoms with Gasteiger partial charge in [-0.1, -0.05) is 81.4 Å². The molecule has 31 heavy (non-hydrogen) atoms. The molecule has 0 aromatic heterocycles. The lowest BCUT2D eigenvalue weighted by Gasteiger charge is -2.44. The molecule has 0 unspecified atom stereocenters. The number of hydroxylamine groups is 2. The van der Waals surface area contributed by atoms with Gasteiger partial charge in [-0.25, -0.2) is 5.06 Å². The van der Waals surface area contributed by atoms with Crippen molar-refractivity contribution in [1.29, 1.82) is 0 Å². The summed E-state index contributed by atoms with van der Waals surface area (Å²) in [6.45, 7) is 7.69. The molecular formula is C26H37NO3Si. The molecule has 0 radical (unpaired) electrons. The van der Waals surface area contributed by atoms with Crippen molar-refractivity contribution in [3.8, 4) is 0 Å². The van der Waals surface area contributed by atoms with E-state index in [1.165, 1.54) is 15.4 Å². The van der Waals surface area contributed by atoms with Gasteiger partial charge in [0.05, 0.1) is 7.11 Å². The Balaban J connectivity index is 1.81. The Morgan fingerprint density at radius 2 is 1.42 bits per heavy atom. The first-order valence-electron chi connectivity index (χ1n) is 11.4. The maximum atomic E-state index is 12.4. The number of benzene rings is 2. The third-order valence-corrected chi connectivity index (χ3v) is 11.7. The first-order valence-corrected chi connectivity index (χ1v) is 13.3. The van der Waals surface area contributed by atoms with Crippen LogP contribution in [0.2, 0.25) is 5.04 Å². The maximum Gasteiger partial charge on any atom is 0.261 e. The van der Waals surface area contributed by atoms with E-state index in [1.54, 1.807) is 14.2 Å². The van der Waals surface area contributed by atoms with Crippen LogP contribution in [0.25, 0.3) is 0 Å². The van der Waals surface area contributed by atoms with E-state index in [0.717, 1.165) is 32.3 Å². The molecule has 1 saturated carbocycles. The van der Waals surface area contributed by atoms with E-state index in [1.807, 2.05) is 0 Å². The van der Waals surface area contributed by atoms with Crippen LogP contribution in [0.1, 0.15) is 46.5 Å². The predicted molar refractivity (Wildman–Crippen MR) is 129 cm³/mol. The third kappa shape index (κ3) is 5.11. The lowest BCUT2D eigenvalue weighted by molar-refractivity contribution is -0.174. The smallest absolute Gasteiger partial charge is 0.261 e. The molecule has 0 heterocycles. The molecule has 2 aromatic rings. The summed E-state index contributed by atoms with van der Waals surface area (Å²) in [6.07, 6.45) is 3.85. The molecular weight excluding hydrogens is 402 g/mol. The number of carbonyl (C=O) groups is 1. The zero-order chi connectivity index (χ0) is 22.5. The van der Waals surface area contributed by atoms with E-state index < -0.39 is 8.32 Å². The number of hydrogen-bond donors (Lipinski definition) is 0. The first kappa shape index (κ1) is 23.7. The molecule has 1 amide bonds. The van der Waals surface area contributed by atoms with E-state index in [4.69, 9.17) is 9.26 Å². The Hall–Kier alpha value is -1.95. The van der Waals surface area contributed by atoms with Crippen LogP contribution in [0.5, 0.6) is 0 Å². The van der Waals surface area contributed by atoms with Crippen LogP contribution in [0.3, 0.4) is 0 Å². The molecule has 168 valence electrons. The molecule has 0 atom stereocenters. The molecule has 2 aromatic carbocycles. The Bertz CT molecular complexity index is 787. The van der Waals surface area contributed by atoms with Gasteiger partial charge in [0.25, 0.3) is 8.32 Å². The Morgan fingerprint density at radius 1 is 0.935 bits per heavy atom. The minimum absolute atomic E-state index is 0.00987. The molecule has 3 rings (SSSR count). The van der Waals surface area contributed by atoms with Crippen molar-refractivity contribution in [1.82, 2.24) is 5.06 Å². The van der Waals surface area contributed by atoms with Crippen molar-refractivity contribution >= 4 is 24.6 Å². The van der Waals surface area contributed by atoms with Gasteiger partial charge in [-0.05, 0) is 47.0 Å². The average molecular weight is 440 g/mol. The molecule has 0 aliphatic heterocycles. The minimum atomic E-state index is -2.49. The largest absolute Gasteiger partial charge is 0.407 e. The molecule has 4 nitrogen and oxygen atoms in total. The average Bonchev–Trinajstić information content (AvgIpc) is 2.79. The topological polar surface area (TPSA) is 38.8 Å². The van der Waals surface area contributed by atoms with Crippen molar-refractivity contribution in [2.45, 2.75) is 51.5 Å². The summed E-state index contributed by atoms with van der Waals surface area (Å²) in [7, 11) is 0.747. The highest BCUT2D eigenvalue weighted by molar-refractivity contribution is 6.99. The normalized spacial score (nSPS) is 19.8. The van der Waals surface area contributed by atoms with Gasteiger partial charge in [-0.2, -0.15) is 0 Å². The maximum absolute atomic E-state index is 12.4. The zero-order valence-electron chi connectivity index (χ0n) is 19.6. The minimum Gasteiger partial charge on any atom is -0.407 e.